The number of carbonyl (C=O) groups is 2. The SMILES string of the molecule is CCCCCCCCOC(=O)Oc1ccc(/C=C2\N=C(C)N(Cc3ccc(C)c(B(O)O)c3)C2=O)cc1. The van der Waals surface area contributed by atoms with Crippen molar-refractivity contribution in [2.45, 2.75) is 65.8 Å². The van der Waals surface area contributed by atoms with E-state index in [-0.39, 0.29) is 12.5 Å². The van der Waals surface area contributed by atoms with Gasteiger partial charge in [0.25, 0.3) is 5.91 Å². The van der Waals surface area contributed by atoms with E-state index in [2.05, 4.69) is 11.9 Å². The standard InChI is InChI=1S/C28H35BN2O6/c1-4-5-6-7-8-9-16-36-28(33)37-24-14-12-22(13-15-24)18-26-27(32)31(21(3)30-26)19-23-11-10-20(2)25(17-23)29(34)35/h10-15,17-18,34-35H,4-9,16,19H2,1-3H3/b26-18-. The minimum Gasteiger partial charge on any atom is -0.434 e. The topological polar surface area (TPSA) is 109 Å². The highest BCUT2D eigenvalue weighted by Gasteiger charge is 2.28. The number of hydrogen-bond acceptors (Lipinski definition) is 7. The molecule has 0 radical (unpaired) electrons. The van der Waals surface area contributed by atoms with Crippen LogP contribution >= 0.6 is 0 Å². The van der Waals surface area contributed by atoms with Gasteiger partial charge in [0.1, 0.15) is 17.3 Å². The molecular formula is C28H35BN2O6. The van der Waals surface area contributed by atoms with Crippen LogP contribution in [0.5, 0.6) is 5.75 Å². The van der Waals surface area contributed by atoms with E-state index in [1.54, 1.807) is 61.2 Å². The Bertz CT molecular complexity index is 1140. The van der Waals surface area contributed by atoms with Crippen LogP contribution in [-0.2, 0) is 16.1 Å². The fraction of sp³-hybridized carbons (Fsp3) is 0.393. The number of benzene rings is 2. The molecule has 2 aromatic rings. The van der Waals surface area contributed by atoms with Gasteiger partial charge in [-0.05, 0) is 55.1 Å². The quantitative estimate of drug-likeness (QED) is 0.146. The van der Waals surface area contributed by atoms with Gasteiger partial charge in [0.2, 0.25) is 0 Å². The number of hydrogen-bond donors (Lipinski definition) is 2. The molecule has 196 valence electrons. The van der Waals surface area contributed by atoms with Crippen LogP contribution in [0, 0.1) is 6.92 Å². The van der Waals surface area contributed by atoms with E-state index < -0.39 is 13.3 Å². The van der Waals surface area contributed by atoms with Crippen LogP contribution in [0.15, 0.2) is 53.2 Å². The van der Waals surface area contributed by atoms with Crippen molar-refractivity contribution in [3.63, 3.8) is 0 Å². The number of carbonyl (C=O) groups excluding carboxylic acids is 2. The van der Waals surface area contributed by atoms with Crippen LogP contribution in [0.25, 0.3) is 6.08 Å². The van der Waals surface area contributed by atoms with E-state index in [0.717, 1.165) is 36.0 Å². The second kappa shape index (κ2) is 13.8. The second-order valence-corrected chi connectivity index (χ2v) is 9.18. The van der Waals surface area contributed by atoms with Gasteiger partial charge in [0.15, 0.2) is 0 Å². The molecule has 0 atom stereocenters. The largest absolute Gasteiger partial charge is 0.513 e. The summed E-state index contributed by atoms with van der Waals surface area (Å²) in [4.78, 5) is 30.8. The fourth-order valence-corrected chi connectivity index (χ4v) is 4.05. The van der Waals surface area contributed by atoms with Gasteiger partial charge < -0.3 is 19.5 Å². The summed E-state index contributed by atoms with van der Waals surface area (Å²) in [6.45, 7) is 6.33. The number of aliphatic imine (C=N–C) groups is 1. The molecule has 0 aromatic heterocycles. The molecule has 1 aliphatic heterocycles. The molecule has 8 nitrogen and oxygen atoms in total. The van der Waals surface area contributed by atoms with Crippen LogP contribution in [0.4, 0.5) is 4.79 Å². The van der Waals surface area contributed by atoms with E-state index in [4.69, 9.17) is 9.47 Å². The zero-order valence-electron chi connectivity index (χ0n) is 21.8. The normalized spacial score (nSPS) is 14.2. The first-order valence-corrected chi connectivity index (χ1v) is 12.8. The summed E-state index contributed by atoms with van der Waals surface area (Å²) in [5.41, 5.74) is 2.96. The second-order valence-electron chi connectivity index (χ2n) is 9.18. The van der Waals surface area contributed by atoms with E-state index in [9.17, 15) is 19.6 Å². The molecule has 0 saturated heterocycles. The van der Waals surface area contributed by atoms with Crippen molar-refractivity contribution in [2.24, 2.45) is 4.99 Å². The number of rotatable bonds is 12. The van der Waals surface area contributed by atoms with Crippen LogP contribution in [0.3, 0.4) is 0 Å². The minimum atomic E-state index is -1.58. The predicted molar refractivity (Wildman–Crippen MR) is 144 cm³/mol. The number of unbranched alkanes of at least 4 members (excludes halogenated alkanes) is 5. The molecule has 0 aliphatic carbocycles. The molecule has 0 spiro atoms. The van der Waals surface area contributed by atoms with Gasteiger partial charge in [0.05, 0.1) is 13.2 Å². The van der Waals surface area contributed by atoms with Gasteiger partial charge in [-0.1, -0.05) is 74.9 Å². The maximum Gasteiger partial charge on any atom is 0.513 e. The Hall–Kier alpha value is -3.43. The molecule has 0 fully saturated rings. The summed E-state index contributed by atoms with van der Waals surface area (Å²) in [5, 5.41) is 19.1. The maximum atomic E-state index is 13.0. The summed E-state index contributed by atoms with van der Waals surface area (Å²) in [5.74, 6) is 0.661. The summed E-state index contributed by atoms with van der Waals surface area (Å²) >= 11 is 0. The van der Waals surface area contributed by atoms with E-state index in [0.29, 0.717) is 29.4 Å². The predicted octanol–water partition coefficient (Wildman–Crippen LogP) is 4.35. The fourth-order valence-electron chi connectivity index (χ4n) is 4.05. The number of ether oxygens (including phenoxy) is 2. The van der Waals surface area contributed by atoms with Crippen LogP contribution < -0.4 is 10.2 Å². The Morgan fingerprint density at radius 2 is 1.73 bits per heavy atom. The third-order valence-electron chi connectivity index (χ3n) is 6.20. The molecule has 0 unspecified atom stereocenters. The minimum absolute atomic E-state index is 0.247. The number of aryl methyl sites for hydroxylation is 1. The maximum absolute atomic E-state index is 13.0. The average Bonchev–Trinajstić information content (AvgIpc) is 3.12. The molecule has 3 rings (SSSR count). The zero-order valence-corrected chi connectivity index (χ0v) is 21.8. The molecule has 0 saturated carbocycles. The van der Waals surface area contributed by atoms with Crippen LogP contribution in [-0.4, -0.2) is 46.6 Å². The number of amidine groups is 1. The lowest BCUT2D eigenvalue weighted by molar-refractivity contribution is -0.123. The smallest absolute Gasteiger partial charge is 0.434 e. The zero-order chi connectivity index (χ0) is 26.8. The third-order valence-corrected chi connectivity index (χ3v) is 6.20. The Kier molecular flexibility index (Phi) is 10.5. The summed E-state index contributed by atoms with van der Waals surface area (Å²) in [6.07, 6.45) is 7.60. The molecule has 37 heavy (non-hydrogen) atoms. The molecule has 1 heterocycles. The van der Waals surface area contributed by atoms with Crippen molar-refractivity contribution in [2.75, 3.05) is 6.61 Å². The highest BCUT2D eigenvalue weighted by Crippen LogP contribution is 2.22. The van der Waals surface area contributed by atoms with Crippen molar-refractivity contribution in [1.82, 2.24) is 4.90 Å². The molecule has 9 heteroatoms. The van der Waals surface area contributed by atoms with E-state index >= 15 is 0 Å². The first-order chi connectivity index (χ1) is 17.8. The van der Waals surface area contributed by atoms with Crippen LogP contribution in [0.2, 0.25) is 0 Å². The van der Waals surface area contributed by atoms with Gasteiger partial charge >= 0.3 is 13.3 Å². The Morgan fingerprint density at radius 1 is 1.03 bits per heavy atom. The first kappa shape index (κ1) is 28.2. The molecule has 1 aliphatic rings. The summed E-state index contributed by atoms with van der Waals surface area (Å²) in [7, 11) is -1.58. The van der Waals surface area contributed by atoms with Crippen molar-refractivity contribution < 1.29 is 29.1 Å². The van der Waals surface area contributed by atoms with Gasteiger partial charge in [-0.2, -0.15) is 0 Å². The van der Waals surface area contributed by atoms with Gasteiger partial charge in [-0.3, -0.25) is 9.69 Å². The summed E-state index contributed by atoms with van der Waals surface area (Å²) < 4.78 is 10.4. The van der Waals surface area contributed by atoms with Crippen molar-refractivity contribution in [1.29, 1.82) is 0 Å². The lowest BCUT2D eigenvalue weighted by Crippen LogP contribution is -2.34. The highest BCUT2D eigenvalue weighted by molar-refractivity contribution is 6.59. The molecule has 2 N–H and O–H groups in total. The number of nitrogens with zero attached hydrogens (tertiary/aromatic N) is 2. The molecule has 2 aromatic carbocycles. The monoisotopic (exact) mass is 506 g/mol. The Morgan fingerprint density at radius 3 is 2.43 bits per heavy atom. The lowest BCUT2D eigenvalue weighted by atomic mass is 9.76. The average molecular weight is 506 g/mol. The molecular weight excluding hydrogens is 471 g/mol. The van der Waals surface area contributed by atoms with Gasteiger partial charge in [0, 0.05) is 0 Å². The molecule has 1 amide bonds. The lowest BCUT2D eigenvalue weighted by Gasteiger charge is -2.17. The third kappa shape index (κ3) is 8.30. The van der Waals surface area contributed by atoms with Crippen molar-refractivity contribution >= 4 is 36.6 Å². The van der Waals surface area contributed by atoms with Gasteiger partial charge in [-0.25, -0.2) is 9.79 Å². The van der Waals surface area contributed by atoms with Crippen molar-refractivity contribution in [3.8, 4) is 5.75 Å². The van der Waals surface area contributed by atoms with Crippen molar-refractivity contribution in [3.05, 3.63) is 64.9 Å². The Balaban J connectivity index is 1.53. The van der Waals surface area contributed by atoms with Gasteiger partial charge in [-0.15, -0.1) is 0 Å². The van der Waals surface area contributed by atoms with E-state index in [1.807, 2.05) is 6.07 Å². The highest BCUT2D eigenvalue weighted by atomic mass is 16.7. The first-order valence-electron chi connectivity index (χ1n) is 12.8. The molecule has 0 bridgehead atoms. The van der Waals surface area contributed by atoms with Crippen LogP contribution in [0.1, 0.15) is 69.1 Å². The van der Waals surface area contributed by atoms with E-state index in [1.165, 1.54) is 19.3 Å². The Labute approximate surface area is 218 Å². The number of amides is 1. The summed E-state index contributed by atoms with van der Waals surface area (Å²) in [6, 6.07) is 12.1.